The molecular formula is C23H24ClN5O2. The fraction of sp³-hybridized carbons (Fsp3) is 0.261. The molecule has 2 aromatic heterocycles. The minimum absolute atomic E-state index is 0.0690. The van der Waals surface area contributed by atoms with E-state index in [1.807, 2.05) is 53.1 Å². The molecule has 0 saturated carbocycles. The molecule has 0 radical (unpaired) electrons. The van der Waals surface area contributed by atoms with Gasteiger partial charge in [0.25, 0.3) is 0 Å². The maximum Gasteiger partial charge on any atom is 0.248 e. The first-order valence-electron chi connectivity index (χ1n) is 10.2. The van der Waals surface area contributed by atoms with Crippen molar-refractivity contribution in [1.82, 2.24) is 14.3 Å². The molecule has 31 heavy (non-hydrogen) atoms. The molecule has 4 rings (SSSR count). The van der Waals surface area contributed by atoms with E-state index in [1.54, 1.807) is 6.08 Å². The lowest BCUT2D eigenvalue weighted by Crippen LogP contribution is -2.40. The lowest BCUT2D eigenvalue weighted by molar-refractivity contribution is -0.123. The second kappa shape index (κ2) is 9.32. The minimum atomic E-state index is -0.255. The normalized spacial score (nSPS) is 17.3. The molecule has 1 saturated heterocycles. The van der Waals surface area contributed by atoms with Crippen molar-refractivity contribution in [3.05, 3.63) is 71.1 Å². The van der Waals surface area contributed by atoms with Crippen LogP contribution in [0.5, 0.6) is 0 Å². The van der Waals surface area contributed by atoms with Gasteiger partial charge >= 0.3 is 0 Å². The van der Waals surface area contributed by atoms with Gasteiger partial charge in [-0.05, 0) is 55.3 Å². The number of anilines is 1. The number of carbonyl (C=O) groups excluding carboxylic acids is 2. The number of piperidine rings is 1. The van der Waals surface area contributed by atoms with Crippen molar-refractivity contribution in [1.29, 1.82) is 0 Å². The highest BCUT2D eigenvalue weighted by Gasteiger charge is 2.23. The summed E-state index contributed by atoms with van der Waals surface area (Å²) in [6.07, 6.45) is 6.78. The summed E-state index contributed by atoms with van der Waals surface area (Å²) >= 11 is 6.19. The van der Waals surface area contributed by atoms with Gasteiger partial charge in [-0.25, -0.2) is 4.98 Å². The third kappa shape index (κ3) is 5.13. The van der Waals surface area contributed by atoms with Gasteiger partial charge in [0.05, 0.1) is 11.6 Å². The zero-order chi connectivity index (χ0) is 21.8. The molecule has 1 unspecified atom stereocenters. The van der Waals surface area contributed by atoms with Crippen molar-refractivity contribution >= 4 is 40.8 Å². The van der Waals surface area contributed by atoms with E-state index in [2.05, 4.69) is 15.2 Å². The van der Waals surface area contributed by atoms with Crippen molar-refractivity contribution in [3.8, 4) is 0 Å². The number of nitrogens with two attached hydrogens (primary N) is 1. The highest BCUT2D eigenvalue weighted by atomic mass is 35.5. The molecule has 1 aliphatic rings. The van der Waals surface area contributed by atoms with E-state index in [9.17, 15) is 9.59 Å². The number of nitrogens with one attached hydrogen (secondary N) is 1. The zero-order valence-electron chi connectivity index (χ0n) is 17.0. The summed E-state index contributed by atoms with van der Waals surface area (Å²) in [6.45, 7) is 2.41. The Hall–Kier alpha value is -3.16. The lowest BCUT2D eigenvalue weighted by atomic mass is 9.97. The maximum atomic E-state index is 12.3. The monoisotopic (exact) mass is 437 g/mol. The number of benzene rings is 1. The molecule has 1 atom stereocenters. The molecule has 8 heteroatoms. The summed E-state index contributed by atoms with van der Waals surface area (Å²) in [6, 6.07) is 13.3. The number of nitrogens with zero attached hydrogens (tertiary/aromatic N) is 3. The van der Waals surface area contributed by atoms with Crippen LogP contribution in [0.25, 0.3) is 11.7 Å². The van der Waals surface area contributed by atoms with Crippen LogP contribution in [0.2, 0.25) is 5.15 Å². The lowest BCUT2D eigenvalue weighted by Gasteiger charge is -2.31. The van der Waals surface area contributed by atoms with Gasteiger partial charge in [-0.15, -0.1) is 0 Å². The molecule has 160 valence electrons. The quantitative estimate of drug-likeness (QED) is 0.578. The number of amides is 2. The zero-order valence-corrected chi connectivity index (χ0v) is 17.8. The number of primary amides is 1. The third-order valence-electron chi connectivity index (χ3n) is 5.45. The Labute approximate surface area is 185 Å². The number of fused-ring (bicyclic) bond motifs is 1. The molecule has 3 aromatic rings. The molecule has 1 aliphatic heterocycles. The molecule has 3 N–H and O–H groups in total. The predicted octanol–water partition coefficient (Wildman–Crippen LogP) is 3.34. The van der Waals surface area contributed by atoms with Crippen LogP contribution in [0.3, 0.4) is 0 Å². The van der Waals surface area contributed by atoms with Gasteiger partial charge in [0.2, 0.25) is 11.8 Å². The topological polar surface area (TPSA) is 92.7 Å². The van der Waals surface area contributed by atoms with E-state index in [4.69, 9.17) is 17.3 Å². The first kappa shape index (κ1) is 21.1. The number of pyridine rings is 1. The number of rotatable bonds is 6. The van der Waals surface area contributed by atoms with Crippen molar-refractivity contribution in [2.45, 2.75) is 19.4 Å². The Morgan fingerprint density at radius 2 is 2.03 bits per heavy atom. The summed E-state index contributed by atoms with van der Waals surface area (Å²) in [4.78, 5) is 30.3. The van der Waals surface area contributed by atoms with Crippen molar-refractivity contribution in [3.63, 3.8) is 0 Å². The largest absolute Gasteiger partial charge is 0.369 e. The van der Waals surface area contributed by atoms with Gasteiger partial charge < -0.3 is 11.1 Å². The van der Waals surface area contributed by atoms with Gasteiger partial charge in [0.1, 0.15) is 5.65 Å². The van der Waals surface area contributed by atoms with Crippen LogP contribution in [0.15, 0.2) is 54.7 Å². The number of carbonyl (C=O) groups is 2. The third-order valence-corrected chi connectivity index (χ3v) is 5.73. The van der Waals surface area contributed by atoms with Gasteiger partial charge in [-0.3, -0.25) is 18.9 Å². The first-order valence-corrected chi connectivity index (χ1v) is 10.6. The minimum Gasteiger partial charge on any atom is -0.369 e. The summed E-state index contributed by atoms with van der Waals surface area (Å²) in [5.74, 6) is -0.545. The van der Waals surface area contributed by atoms with Crippen molar-refractivity contribution in [2.24, 2.45) is 11.7 Å². The van der Waals surface area contributed by atoms with Crippen LogP contribution in [0.4, 0.5) is 5.69 Å². The van der Waals surface area contributed by atoms with E-state index >= 15 is 0 Å². The smallest absolute Gasteiger partial charge is 0.248 e. The van der Waals surface area contributed by atoms with Gasteiger partial charge in [0.15, 0.2) is 5.15 Å². The van der Waals surface area contributed by atoms with Crippen LogP contribution < -0.4 is 11.1 Å². The van der Waals surface area contributed by atoms with Gasteiger partial charge in [0, 0.05) is 31.0 Å². The first-order chi connectivity index (χ1) is 15.0. The molecule has 3 heterocycles. The number of imidazole rings is 1. The maximum absolute atomic E-state index is 12.3. The SMILES string of the molecule is NC(=O)C1CCCN(Cc2ccc(NC(=O)/C=C/c3c(Cl)nc4ccccn34)cc2)C1. The average Bonchev–Trinajstić information content (AvgIpc) is 3.09. The van der Waals surface area contributed by atoms with Crippen molar-refractivity contribution < 1.29 is 9.59 Å². The van der Waals surface area contributed by atoms with E-state index in [0.717, 1.165) is 37.1 Å². The fourth-order valence-electron chi connectivity index (χ4n) is 3.86. The Bertz CT molecular complexity index is 1120. The van der Waals surface area contributed by atoms with Gasteiger partial charge in [-0.2, -0.15) is 0 Å². The van der Waals surface area contributed by atoms with Crippen molar-refractivity contribution in [2.75, 3.05) is 18.4 Å². The van der Waals surface area contributed by atoms with E-state index in [0.29, 0.717) is 23.1 Å². The summed E-state index contributed by atoms with van der Waals surface area (Å²) in [7, 11) is 0. The number of likely N-dealkylation sites (tertiary alicyclic amines) is 1. The summed E-state index contributed by atoms with van der Waals surface area (Å²) < 4.78 is 1.82. The average molecular weight is 438 g/mol. The van der Waals surface area contributed by atoms with Crippen LogP contribution in [0.1, 0.15) is 24.1 Å². The Balaban J connectivity index is 1.35. The molecule has 0 bridgehead atoms. The molecule has 7 nitrogen and oxygen atoms in total. The van der Waals surface area contributed by atoms with E-state index < -0.39 is 0 Å². The highest BCUT2D eigenvalue weighted by molar-refractivity contribution is 6.31. The Morgan fingerprint density at radius 1 is 1.23 bits per heavy atom. The van der Waals surface area contributed by atoms with Crippen LogP contribution in [-0.2, 0) is 16.1 Å². The second-order valence-corrected chi connectivity index (χ2v) is 8.07. The molecule has 0 spiro atoms. The fourth-order valence-corrected chi connectivity index (χ4v) is 4.10. The number of hydrogen-bond acceptors (Lipinski definition) is 4. The summed E-state index contributed by atoms with van der Waals surface area (Å²) in [5.41, 5.74) is 8.66. The molecule has 1 fully saturated rings. The highest BCUT2D eigenvalue weighted by Crippen LogP contribution is 2.20. The number of hydrogen-bond donors (Lipinski definition) is 2. The van der Waals surface area contributed by atoms with Crippen LogP contribution in [-0.4, -0.2) is 39.2 Å². The molecule has 1 aromatic carbocycles. The summed E-state index contributed by atoms with van der Waals surface area (Å²) in [5, 5.41) is 3.19. The van der Waals surface area contributed by atoms with Crippen LogP contribution in [0, 0.1) is 5.92 Å². The second-order valence-electron chi connectivity index (χ2n) is 7.71. The number of aromatic nitrogens is 2. The molecular weight excluding hydrogens is 414 g/mol. The number of halogens is 1. The van der Waals surface area contributed by atoms with E-state index in [1.165, 1.54) is 6.08 Å². The van der Waals surface area contributed by atoms with Gasteiger partial charge in [-0.1, -0.05) is 29.8 Å². The standard InChI is InChI=1S/C23H24ClN5O2/c24-22-19(29-13-2-1-5-20(29)27-22)10-11-21(30)26-18-8-6-16(7-9-18)14-28-12-3-4-17(15-28)23(25)31/h1-2,5-11,13,17H,3-4,12,14-15H2,(H2,25,31)(H,26,30)/b11-10+. The molecule has 0 aliphatic carbocycles. The Morgan fingerprint density at radius 3 is 2.81 bits per heavy atom. The van der Waals surface area contributed by atoms with E-state index in [-0.39, 0.29) is 17.7 Å². The molecule has 2 amide bonds. The Kier molecular flexibility index (Phi) is 6.34. The predicted molar refractivity (Wildman–Crippen MR) is 122 cm³/mol. The van der Waals surface area contributed by atoms with Crippen LogP contribution >= 0.6 is 11.6 Å².